The highest BCUT2D eigenvalue weighted by atomic mass is 16.5. The van der Waals surface area contributed by atoms with E-state index < -0.39 is 11.8 Å². The summed E-state index contributed by atoms with van der Waals surface area (Å²) in [6.45, 7) is 0.964. The predicted molar refractivity (Wildman–Crippen MR) is 89.9 cm³/mol. The number of nitrogens with one attached hydrogen (secondary N) is 2. The van der Waals surface area contributed by atoms with E-state index >= 15 is 0 Å². The number of ether oxygens (including phenoxy) is 1. The van der Waals surface area contributed by atoms with E-state index in [0.29, 0.717) is 19.7 Å². The van der Waals surface area contributed by atoms with E-state index in [4.69, 9.17) is 4.74 Å². The maximum atomic E-state index is 12.3. The van der Waals surface area contributed by atoms with Crippen molar-refractivity contribution in [1.82, 2.24) is 15.4 Å². The molecule has 9 heteroatoms. The van der Waals surface area contributed by atoms with Crippen molar-refractivity contribution in [3.05, 3.63) is 48.2 Å². The Hall–Kier alpha value is -3.20. The van der Waals surface area contributed by atoms with Crippen LogP contribution in [-0.2, 0) is 19.1 Å². The van der Waals surface area contributed by atoms with Crippen molar-refractivity contribution < 1.29 is 23.6 Å². The number of benzene rings is 1. The van der Waals surface area contributed by atoms with Crippen LogP contribution in [0.3, 0.4) is 0 Å². The van der Waals surface area contributed by atoms with Gasteiger partial charge in [0.15, 0.2) is 5.82 Å². The maximum absolute atomic E-state index is 12.3. The number of nitrogens with zero attached hydrogens (tertiary/aromatic N) is 2. The zero-order valence-electron chi connectivity index (χ0n) is 13.9. The molecule has 1 atom stereocenters. The van der Waals surface area contributed by atoms with Crippen molar-refractivity contribution in [2.45, 2.75) is 6.10 Å². The van der Waals surface area contributed by atoms with Gasteiger partial charge in [0.05, 0.1) is 19.7 Å². The lowest BCUT2D eigenvalue weighted by Crippen LogP contribution is -2.48. The molecule has 0 unspecified atom stereocenters. The summed E-state index contributed by atoms with van der Waals surface area (Å²) in [5, 5.41) is 8.03. The fraction of sp³-hybridized carbons (Fsp3) is 0.294. The molecule has 2 N–H and O–H groups in total. The predicted octanol–water partition coefficient (Wildman–Crippen LogP) is 0.329. The van der Waals surface area contributed by atoms with Crippen molar-refractivity contribution in [3.63, 3.8) is 0 Å². The molecule has 0 aliphatic carbocycles. The topological polar surface area (TPSA) is 114 Å². The van der Waals surface area contributed by atoms with Crippen LogP contribution >= 0.6 is 0 Å². The molecule has 1 aliphatic rings. The van der Waals surface area contributed by atoms with Gasteiger partial charge in [0.2, 0.25) is 5.91 Å². The summed E-state index contributed by atoms with van der Waals surface area (Å²) in [4.78, 5) is 37.4. The molecule has 1 aromatic carbocycles. The molecule has 0 saturated carbocycles. The normalized spacial score (nSPS) is 16.8. The van der Waals surface area contributed by atoms with E-state index in [-0.39, 0.29) is 24.4 Å². The molecule has 0 bridgehead atoms. The van der Waals surface area contributed by atoms with E-state index in [1.54, 1.807) is 4.90 Å². The number of aromatic nitrogens is 1. The Kier molecular flexibility index (Phi) is 5.59. The van der Waals surface area contributed by atoms with Gasteiger partial charge in [-0.3, -0.25) is 19.7 Å². The third-order valence-corrected chi connectivity index (χ3v) is 3.88. The third-order valence-electron chi connectivity index (χ3n) is 3.88. The molecule has 0 spiro atoms. The Morgan fingerprint density at radius 2 is 1.96 bits per heavy atom. The van der Waals surface area contributed by atoms with Crippen molar-refractivity contribution in [1.29, 1.82) is 0 Å². The molecule has 1 saturated heterocycles. The van der Waals surface area contributed by atoms with Gasteiger partial charge in [-0.05, 0) is 5.56 Å². The fourth-order valence-electron chi connectivity index (χ4n) is 2.54. The van der Waals surface area contributed by atoms with Gasteiger partial charge in [0.1, 0.15) is 12.4 Å². The highest BCUT2D eigenvalue weighted by molar-refractivity contribution is 6.39. The Labute approximate surface area is 149 Å². The number of morpholine rings is 1. The lowest BCUT2D eigenvalue weighted by molar-refractivity contribution is -0.141. The monoisotopic (exact) mass is 358 g/mol. The first-order chi connectivity index (χ1) is 12.6. The van der Waals surface area contributed by atoms with E-state index in [2.05, 4.69) is 20.3 Å². The first kappa shape index (κ1) is 17.6. The third kappa shape index (κ3) is 4.45. The molecule has 3 rings (SSSR count). The average molecular weight is 358 g/mol. The fourth-order valence-corrected chi connectivity index (χ4v) is 2.54. The summed E-state index contributed by atoms with van der Waals surface area (Å²) in [6.07, 6.45) is 1.05. The van der Waals surface area contributed by atoms with E-state index in [0.717, 1.165) is 5.56 Å². The average Bonchev–Trinajstić information content (AvgIpc) is 3.19. The summed E-state index contributed by atoms with van der Waals surface area (Å²) < 4.78 is 10.3. The summed E-state index contributed by atoms with van der Waals surface area (Å²) in [5.74, 6) is -2.00. The Morgan fingerprint density at radius 3 is 2.69 bits per heavy atom. The van der Waals surface area contributed by atoms with Gasteiger partial charge in [-0.1, -0.05) is 35.5 Å². The van der Waals surface area contributed by atoms with Gasteiger partial charge in [-0.15, -0.1) is 0 Å². The number of rotatable bonds is 4. The second kappa shape index (κ2) is 8.26. The Bertz CT molecular complexity index is 763. The van der Waals surface area contributed by atoms with Crippen LogP contribution in [0.2, 0.25) is 0 Å². The Morgan fingerprint density at radius 1 is 1.15 bits per heavy atom. The second-order valence-corrected chi connectivity index (χ2v) is 5.63. The van der Waals surface area contributed by atoms with Gasteiger partial charge in [0, 0.05) is 12.6 Å². The zero-order valence-corrected chi connectivity index (χ0v) is 13.9. The number of amides is 3. The smallest absolute Gasteiger partial charge is 0.314 e. The number of hydrogen-bond donors (Lipinski definition) is 2. The maximum Gasteiger partial charge on any atom is 0.314 e. The van der Waals surface area contributed by atoms with E-state index in [9.17, 15) is 14.4 Å². The minimum Gasteiger partial charge on any atom is -0.370 e. The number of anilines is 1. The number of carbonyl (C=O) groups is 3. The molecular formula is C17H18N4O5. The van der Waals surface area contributed by atoms with Crippen LogP contribution in [0.4, 0.5) is 5.82 Å². The highest BCUT2D eigenvalue weighted by Gasteiger charge is 2.26. The van der Waals surface area contributed by atoms with Gasteiger partial charge in [-0.25, -0.2) is 0 Å². The molecule has 136 valence electrons. The summed E-state index contributed by atoms with van der Waals surface area (Å²) >= 11 is 0. The van der Waals surface area contributed by atoms with Crippen LogP contribution in [0.5, 0.6) is 0 Å². The van der Waals surface area contributed by atoms with Crippen LogP contribution in [-0.4, -0.2) is 54.0 Å². The van der Waals surface area contributed by atoms with Gasteiger partial charge < -0.3 is 19.5 Å². The Balaban J connectivity index is 1.48. The van der Waals surface area contributed by atoms with Crippen LogP contribution in [0.1, 0.15) is 11.7 Å². The second-order valence-electron chi connectivity index (χ2n) is 5.63. The molecule has 9 nitrogen and oxygen atoms in total. The molecule has 0 radical (unpaired) electrons. The largest absolute Gasteiger partial charge is 0.370 e. The van der Waals surface area contributed by atoms with E-state index in [1.807, 2.05) is 30.3 Å². The minimum atomic E-state index is -0.922. The van der Waals surface area contributed by atoms with Crippen molar-refractivity contribution in [2.24, 2.45) is 0 Å². The number of hydrogen-bond acceptors (Lipinski definition) is 6. The van der Waals surface area contributed by atoms with Crippen LogP contribution in [0.15, 0.2) is 47.2 Å². The molecule has 1 aliphatic heterocycles. The highest BCUT2D eigenvalue weighted by Crippen LogP contribution is 2.21. The molecule has 1 aromatic heterocycles. The minimum absolute atomic E-state index is 0.121. The molecule has 2 heterocycles. The first-order valence-corrected chi connectivity index (χ1v) is 8.07. The summed E-state index contributed by atoms with van der Waals surface area (Å²) in [6, 6.07) is 11.0. The summed E-state index contributed by atoms with van der Waals surface area (Å²) in [5.41, 5.74) is 0.987. The summed E-state index contributed by atoms with van der Waals surface area (Å²) in [7, 11) is 0. The molecular weight excluding hydrogens is 340 g/mol. The standard InChI is InChI=1S/C17H18N4O5/c22-15(10-18-16(23)17(24)19-14-6-8-26-20-14)21-7-9-25-13(11-21)12-4-2-1-3-5-12/h1-6,8,13H,7,9-11H2,(H,18,23)(H,19,20,24)/t13-/m0/s1. The lowest BCUT2D eigenvalue weighted by atomic mass is 10.1. The molecule has 1 fully saturated rings. The zero-order chi connectivity index (χ0) is 18.4. The lowest BCUT2D eigenvalue weighted by Gasteiger charge is -2.33. The van der Waals surface area contributed by atoms with Crippen molar-refractivity contribution >= 4 is 23.5 Å². The number of carbonyl (C=O) groups excluding carboxylic acids is 3. The van der Waals surface area contributed by atoms with Gasteiger partial charge in [0.25, 0.3) is 0 Å². The van der Waals surface area contributed by atoms with Crippen LogP contribution < -0.4 is 10.6 Å². The van der Waals surface area contributed by atoms with Gasteiger partial charge in [-0.2, -0.15) is 0 Å². The van der Waals surface area contributed by atoms with Crippen LogP contribution in [0, 0.1) is 0 Å². The first-order valence-electron chi connectivity index (χ1n) is 8.07. The van der Waals surface area contributed by atoms with Gasteiger partial charge >= 0.3 is 11.8 Å². The molecule has 26 heavy (non-hydrogen) atoms. The SMILES string of the molecule is O=C(NCC(=O)N1CCO[C@H](c2ccccc2)C1)C(=O)Nc1ccon1. The molecule has 3 amide bonds. The quantitative estimate of drug-likeness (QED) is 0.762. The van der Waals surface area contributed by atoms with Crippen molar-refractivity contribution in [2.75, 3.05) is 31.6 Å². The van der Waals surface area contributed by atoms with E-state index in [1.165, 1.54) is 12.3 Å². The van der Waals surface area contributed by atoms with Crippen LogP contribution in [0.25, 0.3) is 0 Å². The van der Waals surface area contributed by atoms with Crippen molar-refractivity contribution in [3.8, 4) is 0 Å². The molecule has 2 aromatic rings.